The second-order valence-electron chi connectivity index (χ2n) is 8.59. The van der Waals surface area contributed by atoms with E-state index < -0.39 is 0 Å². The van der Waals surface area contributed by atoms with E-state index in [4.69, 9.17) is 0 Å². The van der Waals surface area contributed by atoms with Crippen molar-refractivity contribution >= 4 is 29.7 Å². The number of rotatable bonds is 5. The van der Waals surface area contributed by atoms with Gasteiger partial charge in [-0.2, -0.15) is 0 Å². The van der Waals surface area contributed by atoms with Crippen molar-refractivity contribution in [3.63, 3.8) is 0 Å². The minimum absolute atomic E-state index is 0.0305. The second kappa shape index (κ2) is 10.8. The number of ketones is 1. The highest BCUT2D eigenvalue weighted by Gasteiger charge is 2.28. The van der Waals surface area contributed by atoms with Crippen molar-refractivity contribution < 1.29 is 14.4 Å². The Kier molecular flexibility index (Phi) is 7.36. The maximum absolute atomic E-state index is 13.5. The minimum atomic E-state index is -0.144. The van der Waals surface area contributed by atoms with Crippen LogP contribution in [0, 0.1) is 0 Å². The summed E-state index contributed by atoms with van der Waals surface area (Å²) in [5.41, 5.74) is 5.59. The van der Waals surface area contributed by atoms with E-state index >= 15 is 0 Å². The lowest BCUT2D eigenvalue weighted by molar-refractivity contribution is -0.113. The zero-order chi connectivity index (χ0) is 24.8. The second-order valence-corrected chi connectivity index (χ2v) is 8.59. The summed E-state index contributed by atoms with van der Waals surface area (Å²) in [4.78, 5) is 37.2. The van der Waals surface area contributed by atoms with Gasteiger partial charge in [0.2, 0.25) is 0 Å². The predicted octanol–water partition coefficient (Wildman–Crippen LogP) is 5.02. The third kappa shape index (κ3) is 5.64. The summed E-state index contributed by atoms with van der Waals surface area (Å²) in [5.74, 6) is -0.0749. The zero-order valence-corrected chi connectivity index (χ0v) is 19.9. The van der Waals surface area contributed by atoms with Gasteiger partial charge in [0.05, 0.1) is 0 Å². The number of Topliss-reactive ketones (excluding diaryl/α,β-unsaturated/α-hetero) is 1. The van der Waals surface area contributed by atoms with Crippen LogP contribution < -0.4 is 10.6 Å². The molecule has 1 fully saturated rings. The highest BCUT2D eigenvalue weighted by molar-refractivity contribution is 6.14. The van der Waals surface area contributed by atoms with Crippen molar-refractivity contribution in [1.29, 1.82) is 0 Å². The molecule has 0 radical (unpaired) electrons. The van der Waals surface area contributed by atoms with Crippen molar-refractivity contribution in [1.82, 2.24) is 10.6 Å². The van der Waals surface area contributed by atoms with Crippen LogP contribution >= 0.6 is 0 Å². The number of nitrogens with one attached hydrogen (secondary N) is 2. The quantitative estimate of drug-likeness (QED) is 0.521. The Balaban J connectivity index is 1.68. The fraction of sp³-hybridized carbons (Fsp3) is 0.167. The molecular formula is C30H28N2O3. The number of benzene rings is 3. The number of hydrogen-bond donors (Lipinski definition) is 2. The molecule has 35 heavy (non-hydrogen) atoms. The Morgan fingerprint density at radius 1 is 0.686 bits per heavy atom. The third-order valence-corrected chi connectivity index (χ3v) is 6.27. The van der Waals surface area contributed by atoms with Crippen molar-refractivity contribution in [3.05, 3.63) is 118 Å². The summed E-state index contributed by atoms with van der Waals surface area (Å²) in [7, 11) is 3.20. The van der Waals surface area contributed by atoms with E-state index in [1.54, 1.807) is 38.4 Å². The maximum Gasteiger partial charge on any atom is 0.251 e. The fourth-order valence-corrected chi connectivity index (χ4v) is 4.36. The summed E-state index contributed by atoms with van der Waals surface area (Å²) < 4.78 is 0. The number of hydrogen-bond acceptors (Lipinski definition) is 3. The highest BCUT2D eigenvalue weighted by atomic mass is 16.2. The van der Waals surface area contributed by atoms with Gasteiger partial charge in [0.15, 0.2) is 5.78 Å². The lowest BCUT2D eigenvalue weighted by Gasteiger charge is -2.26. The Morgan fingerprint density at radius 3 is 1.51 bits per heavy atom. The number of allylic oxidation sites excluding steroid dienone is 2. The first kappa shape index (κ1) is 23.9. The van der Waals surface area contributed by atoms with Gasteiger partial charge in [-0.15, -0.1) is 0 Å². The topological polar surface area (TPSA) is 75.3 Å². The van der Waals surface area contributed by atoms with E-state index in [9.17, 15) is 14.4 Å². The number of carbonyl (C=O) groups is 3. The van der Waals surface area contributed by atoms with E-state index in [1.165, 1.54) is 5.56 Å². The van der Waals surface area contributed by atoms with Gasteiger partial charge in [0, 0.05) is 36.4 Å². The van der Waals surface area contributed by atoms with E-state index in [2.05, 4.69) is 22.8 Å². The molecule has 0 aliphatic heterocycles. The average Bonchev–Trinajstić information content (AvgIpc) is 2.91. The normalized spacial score (nSPS) is 17.9. The molecule has 1 aliphatic rings. The monoisotopic (exact) mass is 464 g/mol. The van der Waals surface area contributed by atoms with E-state index in [0.29, 0.717) is 24.0 Å². The molecular weight excluding hydrogens is 436 g/mol. The number of carbonyl (C=O) groups excluding carboxylic acids is 3. The molecule has 176 valence electrons. The van der Waals surface area contributed by atoms with Crippen LogP contribution in [0.1, 0.15) is 56.2 Å². The van der Waals surface area contributed by atoms with Crippen LogP contribution in [0.25, 0.3) is 12.2 Å². The Morgan fingerprint density at radius 2 is 1.11 bits per heavy atom. The molecule has 0 aromatic heterocycles. The lowest BCUT2D eigenvalue weighted by Crippen LogP contribution is -2.19. The van der Waals surface area contributed by atoms with Crippen LogP contribution in [-0.2, 0) is 4.79 Å². The summed E-state index contributed by atoms with van der Waals surface area (Å²) >= 11 is 0. The SMILES string of the molecule is CNC(=O)c1ccc(C=C2CC(c3ccccc3)CC(=Cc3ccc(C(=O)NC)cc3)C2=O)cc1. The summed E-state index contributed by atoms with van der Waals surface area (Å²) in [5, 5.41) is 5.23. The van der Waals surface area contributed by atoms with Gasteiger partial charge in [-0.25, -0.2) is 0 Å². The predicted molar refractivity (Wildman–Crippen MR) is 139 cm³/mol. The highest BCUT2D eigenvalue weighted by Crippen LogP contribution is 2.38. The first-order valence-electron chi connectivity index (χ1n) is 11.6. The van der Waals surface area contributed by atoms with Crippen LogP contribution in [0.4, 0.5) is 0 Å². The molecule has 0 unspecified atom stereocenters. The van der Waals surface area contributed by atoms with Crippen molar-refractivity contribution in [2.75, 3.05) is 14.1 Å². The van der Waals surface area contributed by atoms with Gasteiger partial charge < -0.3 is 10.6 Å². The molecule has 3 aromatic carbocycles. The number of amides is 2. The first-order valence-corrected chi connectivity index (χ1v) is 11.6. The fourth-order valence-electron chi connectivity index (χ4n) is 4.36. The maximum atomic E-state index is 13.5. The standard InChI is InChI=1S/C30H28N2O3/c1-31-29(34)23-12-8-20(9-13-23)16-26-18-25(22-6-4-3-5-7-22)19-27(28(26)33)17-21-10-14-24(15-11-21)30(35)32-2/h3-17,25H,18-19H2,1-2H3,(H,31,34)(H,32,35). The van der Waals surface area contributed by atoms with Crippen LogP contribution in [0.15, 0.2) is 90.0 Å². The average molecular weight is 465 g/mol. The Hall–Kier alpha value is -4.25. The molecule has 4 rings (SSSR count). The first-order chi connectivity index (χ1) is 17.0. The molecule has 0 atom stereocenters. The zero-order valence-electron chi connectivity index (χ0n) is 19.9. The van der Waals surface area contributed by atoms with E-state index in [1.807, 2.05) is 54.6 Å². The van der Waals surface area contributed by atoms with Crippen molar-refractivity contribution in [3.8, 4) is 0 Å². The summed E-state index contributed by atoms with van der Waals surface area (Å²) in [6.45, 7) is 0. The van der Waals surface area contributed by atoms with Gasteiger partial charge in [-0.1, -0.05) is 54.6 Å². The van der Waals surface area contributed by atoms with E-state index in [0.717, 1.165) is 22.3 Å². The van der Waals surface area contributed by atoms with Crippen molar-refractivity contribution in [2.45, 2.75) is 18.8 Å². The summed E-state index contributed by atoms with van der Waals surface area (Å²) in [6.07, 6.45) is 5.14. The molecule has 0 bridgehead atoms. The van der Waals surface area contributed by atoms with Crippen LogP contribution in [-0.4, -0.2) is 31.7 Å². The van der Waals surface area contributed by atoms with Gasteiger partial charge in [-0.05, 0) is 71.9 Å². The third-order valence-electron chi connectivity index (χ3n) is 6.27. The molecule has 1 saturated carbocycles. The van der Waals surface area contributed by atoms with Gasteiger partial charge in [-0.3, -0.25) is 14.4 Å². The minimum Gasteiger partial charge on any atom is -0.355 e. The van der Waals surface area contributed by atoms with Crippen molar-refractivity contribution in [2.24, 2.45) is 0 Å². The molecule has 1 aliphatic carbocycles. The molecule has 0 heterocycles. The molecule has 5 heteroatoms. The largest absolute Gasteiger partial charge is 0.355 e. The molecule has 0 spiro atoms. The molecule has 3 aromatic rings. The van der Waals surface area contributed by atoms with Gasteiger partial charge in [0.1, 0.15) is 0 Å². The molecule has 0 saturated heterocycles. The Bertz CT molecular complexity index is 1210. The lowest BCUT2D eigenvalue weighted by atomic mass is 9.76. The van der Waals surface area contributed by atoms with Crippen LogP contribution in [0.5, 0.6) is 0 Å². The Labute approximate surface area is 205 Å². The molecule has 2 N–H and O–H groups in total. The van der Waals surface area contributed by atoms with Gasteiger partial charge >= 0.3 is 0 Å². The van der Waals surface area contributed by atoms with Crippen LogP contribution in [0.3, 0.4) is 0 Å². The van der Waals surface area contributed by atoms with Gasteiger partial charge in [0.25, 0.3) is 11.8 Å². The summed E-state index contributed by atoms with van der Waals surface area (Å²) in [6, 6.07) is 24.7. The van der Waals surface area contributed by atoms with Crippen LogP contribution in [0.2, 0.25) is 0 Å². The molecule has 5 nitrogen and oxygen atoms in total. The van der Waals surface area contributed by atoms with E-state index in [-0.39, 0.29) is 23.5 Å². The smallest absolute Gasteiger partial charge is 0.251 e. The molecule has 2 amide bonds.